The van der Waals surface area contributed by atoms with Crippen molar-refractivity contribution in [2.24, 2.45) is 5.16 Å². The van der Waals surface area contributed by atoms with E-state index in [4.69, 9.17) is 14.7 Å². The number of nitrogens with zero attached hydrogens (tertiary/aromatic N) is 3. The fourth-order valence-corrected chi connectivity index (χ4v) is 4.55. The molecule has 25 heavy (non-hydrogen) atoms. The van der Waals surface area contributed by atoms with Gasteiger partial charge in [-0.1, -0.05) is 16.9 Å². The van der Waals surface area contributed by atoms with Gasteiger partial charge in [0.05, 0.1) is 12.7 Å². The van der Waals surface area contributed by atoms with E-state index < -0.39 is 18.2 Å². The second-order valence-corrected chi connectivity index (χ2v) is 7.48. The predicted molar refractivity (Wildman–Crippen MR) is 81.8 cm³/mol. The SMILES string of the molecule is O/N=C1/CC(Sc2nc3c(c(C(F)(F)F)n2)CCCC3)C2COC1O2. The molecule has 0 amide bonds. The molecule has 0 radical (unpaired) electrons. The fraction of sp³-hybridized carbons (Fsp3) is 0.667. The second kappa shape index (κ2) is 6.40. The lowest BCUT2D eigenvalue weighted by atomic mass is 9.94. The van der Waals surface area contributed by atoms with Crippen molar-refractivity contribution in [3.8, 4) is 0 Å². The first-order valence-corrected chi connectivity index (χ1v) is 8.95. The first-order chi connectivity index (χ1) is 12.0. The van der Waals surface area contributed by atoms with Crippen LogP contribution in [0.5, 0.6) is 0 Å². The van der Waals surface area contributed by atoms with Crippen molar-refractivity contribution in [2.45, 2.75) is 61.1 Å². The molecule has 4 rings (SSSR count). The molecule has 3 unspecified atom stereocenters. The van der Waals surface area contributed by atoms with Gasteiger partial charge in [-0.25, -0.2) is 9.97 Å². The first kappa shape index (κ1) is 17.0. The van der Waals surface area contributed by atoms with Crippen molar-refractivity contribution in [3.63, 3.8) is 0 Å². The van der Waals surface area contributed by atoms with Gasteiger partial charge in [-0.15, -0.1) is 0 Å². The monoisotopic (exact) mass is 375 g/mol. The topological polar surface area (TPSA) is 76.8 Å². The molecule has 1 aromatic rings. The number of alkyl halides is 3. The molecule has 6 nitrogen and oxygen atoms in total. The molecular formula is C15H16F3N3O3S. The van der Waals surface area contributed by atoms with Crippen LogP contribution in [0, 0.1) is 0 Å². The molecule has 3 heterocycles. The van der Waals surface area contributed by atoms with Crippen molar-refractivity contribution >= 4 is 17.5 Å². The number of rotatable bonds is 2. The molecule has 10 heteroatoms. The minimum absolute atomic E-state index is 0.0872. The maximum Gasteiger partial charge on any atom is 0.433 e. The zero-order chi connectivity index (χ0) is 17.6. The number of halogens is 3. The summed E-state index contributed by atoms with van der Waals surface area (Å²) in [4.78, 5) is 8.18. The van der Waals surface area contributed by atoms with E-state index in [0.29, 0.717) is 37.3 Å². The van der Waals surface area contributed by atoms with Crippen molar-refractivity contribution in [1.82, 2.24) is 9.97 Å². The Labute approximate surface area is 145 Å². The average Bonchev–Trinajstić information content (AvgIpc) is 3.01. The highest BCUT2D eigenvalue weighted by Gasteiger charge is 2.44. The van der Waals surface area contributed by atoms with Gasteiger partial charge in [0.25, 0.3) is 0 Å². The fourth-order valence-electron chi connectivity index (χ4n) is 3.42. The van der Waals surface area contributed by atoms with Crippen molar-refractivity contribution in [2.75, 3.05) is 6.61 Å². The molecule has 2 bridgehead atoms. The summed E-state index contributed by atoms with van der Waals surface area (Å²) >= 11 is 1.13. The zero-order valence-electron chi connectivity index (χ0n) is 13.1. The third kappa shape index (κ3) is 3.22. The lowest BCUT2D eigenvalue weighted by molar-refractivity contribution is -0.142. The number of aromatic nitrogens is 2. The number of hydrogen-bond donors (Lipinski definition) is 1. The number of aryl methyl sites for hydroxylation is 1. The lowest BCUT2D eigenvalue weighted by Crippen LogP contribution is -2.37. The van der Waals surface area contributed by atoms with Crippen molar-refractivity contribution in [3.05, 3.63) is 17.0 Å². The van der Waals surface area contributed by atoms with E-state index in [1.54, 1.807) is 0 Å². The van der Waals surface area contributed by atoms with E-state index in [-0.39, 0.29) is 22.1 Å². The normalized spacial score (nSPS) is 30.5. The largest absolute Gasteiger partial charge is 0.433 e. The standard InChI is InChI=1S/C15H16F3N3O3S/c16-15(17,18)12-7-3-1-2-4-8(7)19-14(20-12)25-11-5-9(21-22)13-23-6-10(11)24-13/h10-11,13,22H,1-6H2/b21-9-. The van der Waals surface area contributed by atoms with Gasteiger partial charge < -0.3 is 14.7 Å². The van der Waals surface area contributed by atoms with E-state index in [2.05, 4.69) is 15.1 Å². The van der Waals surface area contributed by atoms with E-state index in [9.17, 15) is 13.2 Å². The highest BCUT2D eigenvalue weighted by atomic mass is 32.2. The Kier molecular flexibility index (Phi) is 4.37. The smallest absolute Gasteiger partial charge is 0.411 e. The van der Waals surface area contributed by atoms with Gasteiger partial charge in [-0.05, 0) is 25.7 Å². The van der Waals surface area contributed by atoms with Gasteiger partial charge in [0.2, 0.25) is 6.29 Å². The Hall–Kier alpha value is -1.39. The molecule has 3 atom stereocenters. The minimum atomic E-state index is -4.50. The number of fused-ring (bicyclic) bond motifs is 3. The van der Waals surface area contributed by atoms with E-state index in [1.807, 2.05) is 0 Å². The molecule has 1 aliphatic carbocycles. The van der Waals surface area contributed by atoms with Crippen LogP contribution in [0.25, 0.3) is 0 Å². The van der Waals surface area contributed by atoms with Crippen LogP contribution < -0.4 is 0 Å². The molecule has 0 aromatic carbocycles. The molecule has 0 spiro atoms. The van der Waals surface area contributed by atoms with Crippen LogP contribution in [-0.4, -0.2) is 45.1 Å². The summed E-state index contributed by atoms with van der Waals surface area (Å²) in [5.41, 5.74) is 0.225. The van der Waals surface area contributed by atoms with Crippen LogP contribution >= 0.6 is 11.8 Å². The minimum Gasteiger partial charge on any atom is -0.411 e. The third-order valence-electron chi connectivity index (χ3n) is 4.62. The van der Waals surface area contributed by atoms with Crippen LogP contribution in [0.1, 0.15) is 36.2 Å². The van der Waals surface area contributed by atoms with Gasteiger partial charge in [-0.2, -0.15) is 13.2 Å². The molecular weight excluding hydrogens is 359 g/mol. The Morgan fingerprint density at radius 3 is 2.76 bits per heavy atom. The zero-order valence-corrected chi connectivity index (χ0v) is 13.9. The number of ether oxygens (including phenoxy) is 2. The van der Waals surface area contributed by atoms with Crippen LogP contribution in [-0.2, 0) is 28.5 Å². The highest BCUT2D eigenvalue weighted by molar-refractivity contribution is 7.99. The molecule has 2 saturated heterocycles. The summed E-state index contributed by atoms with van der Waals surface area (Å²) < 4.78 is 51.2. The van der Waals surface area contributed by atoms with Gasteiger partial charge in [-0.3, -0.25) is 0 Å². The Morgan fingerprint density at radius 1 is 1.20 bits per heavy atom. The van der Waals surface area contributed by atoms with Crippen LogP contribution in [0.4, 0.5) is 13.2 Å². The first-order valence-electron chi connectivity index (χ1n) is 8.07. The molecule has 3 aliphatic rings. The number of oxime groups is 1. The molecule has 1 aromatic heterocycles. The Bertz CT molecular complexity index is 713. The summed E-state index contributed by atoms with van der Waals surface area (Å²) in [6.07, 6.45) is -2.64. The van der Waals surface area contributed by atoms with Crippen molar-refractivity contribution < 1.29 is 27.9 Å². The van der Waals surface area contributed by atoms with E-state index >= 15 is 0 Å². The van der Waals surface area contributed by atoms with E-state index in [0.717, 1.165) is 24.6 Å². The summed E-state index contributed by atoms with van der Waals surface area (Å²) in [5.74, 6) is 0. The quantitative estimate of drug-likeness (QED) is 0.487. The average molecular weight is 375 g/mol. The van der Waals surface area contributed by atoms with Crippen LogP contribution in [0.2, 0.25) is 0 Å². The molecule has 0 saturated carbocycles. The van der Waals surface area contributed by atoms with E-state index in [1.165, 1.54) is 0 Å². The summed E-state index contributed by atoms with van der Waals surface area (Å²) in [6.45, 7) is 0.304. The second-order valence-electron chi connectivity index (χ2n) is 6.28. The van der Waals surface area contributed by atoms with Crippen molar-refractivity contribution in [1.29, 1.82) is 0 Å². The molecule has 2 fully saturated rings. The highest BCUT2D eigenvalue weighted by Crippen LogP contribution is 2.39. The maximum atomic E-state index is 13.4. The van der Waals surface area contributed by atoms with Crippen LogP contribution in [0.3, 0.4) is 0 Å². The maximum absolute atomic E-state index is 13.4. The lowest BCUT2D eigenvalue weighted by Gasteiger charge is -2.27. The van der Waals surface area contributed by atoms with Crippen LogP contribution in [0.15, 0.2) is 10.3 Å². The van der Waals surface area contributed by atoms with Gasteiger partial charge >= 0.3 is 6.18 Å². The van der Waals surface area contributed by atoms with Gasteiger partial charge in [0.15, 0.2) is 10.9 Å². The third-order valence-corrected chi connectivity index (χ3v) is 5.79. The Morgan fingerprint density at radius 2 is 2.00 bits per heavy atom. The molecule has 2 aliphatic heterocycles. The summed E-state index contributed by atoms with van der Waals surface area (Å²) in [5, 5.41) is 12.1. The van der Waals surface area contributed by atoms with Gasteiger partial charge in [0, 0.05) is 22.9 Å². The molecule has 1 N–H and O–H groups in total. The predicted octanol–water partition coefficient (Wildman–Crippen LogP) is 2.81. The number of hydrogen-bond acceptors (Lipinski definition) is 7. The summed E-state index contributed by atoms with van der Waals surface area (Å²) in [7, 11) is 0. The van der Waals surface area contributed by atoms with Gasteiger partial charge in [0.1, 0.15) is 5.71 Å². The summed E-state index contributed by atoms with van der Waals surface area (Å²) in [6, 6.07) is 0. The molecule has 136 valence electrons. The Balaban J connectivity index is 1.64. The number of thioether (sulfide) groups is 1.